The Kier molecular flexibility index (Phi) is 6.43. The van der Waals surface area contributed by atoms with E-state index in [2.05, 4.69) is 21.1 Å². The number of Topliss-reactive ketones (excluding diaryl/α,β-unsaturated/α-hetero) is 1. The van der Waals surface area contributed by atoms with Crippen LogP contribution in [0.5, 0.6) is 5.75 Å². The molecule has 7 nitrogen and oxygen atoms in total. The maximum absolute atomic E-state index is 13.2. The number of rotatable bonds is 2. The van der Waals surface area contributed by atoms with Gasteiger partial charge in [0.25, 0.3) is 0 Å². The first-order chi connectivity index (χ1) is 13.6. The molecule has 1 N–H and O–H groups in total. The third-order valence-electron chi connectivity index (χ3n) is 4.91. The molecule has 9 heteroatoms. The average Bonchev–Trinajstić information content (AvgIpc) is 2.65. The molecule has 1 unspecified atom stereocenters. The minimum absolute atomic E-state index is 0.0989. The van der Waals surface area contributed by atoms with E-state index in [4.69, 9.17) is 21.1 Å². The number of hydrogen-bond donors (Lipinski definition) is 1. The molecule has 29 heavy (non-hydrogen) atoms. The summed E-state index contributed by atoms with van der Waals surface area (Å²) in [6.45, 7) is 5.79. The van der Waals surface area contributed by atoms with E-state index in [0.29, 0.717) is 46.8 Å². The number of hydrogen-bond acceptors (Lipinski definition) is 6. The Bertz CT molecular complexity index is 852. The van der Waals surface area contributed by atoms with E-state index in [-0.39, 0.29) is 12.3 Å². The molecule has 2 heterocycles. The van der Waals surface area contributed by atoms with Crippen LogP contribution in [0.1, 0.15) is 39.2 Å². The largest absolute Gasteiger partial charge is 0.481 e. The number of benzene rings is 1. The molecule has 0 aliphatic carbocycles. The van der Waals surface area contributed by atoms with Crippen LogP contribution < -0.4 is 4.74 Å². The number of likely N-dealkylation sites (tertiary alicyclic amines) is 1. The highest BCUT2D eigenvalue weighted by Crippen LogP contribution is 2.38. The van der Waals surface area contributed by atoms with Gasteiger partial charge in [-0.1, -0.05) is 16.8 Å². The molecule has 0 bridgehead atoms. The summed E-state index contributed by atoms with van der Waals surface area (Å²) in [5, 5.41) is 13.3. The number of carbonyl (C=O) groups excluding carboxylic acids is 2. The predicted octanol–water partition coefficient (Wildman–Crippen LogP) is 4.45. The highest BCUT2D eigenvalue weighted by molar-refractivity contribution is 9.10. The van der Waals surface area contributed by atoms with Crippen molar-refractivity contribution in [2.24, 2.45) is 11.1 Å². The monoisotopic (exact) mass is 486 g/mol. The first kappa shape index (κ1) is 21.9. The van der Waals surface area contributed by atoms with Crippen molar-refractivity contribution in [1.29, 1.82) is 0 Å². The highest BCUT2D eigenvalue weighted by atomic mass is 79.9. The summed E-state index contributed by atoms with van der Waals surface area (Å²) in [6.07, 6.45) is 0.244. The van der Waals surface area contributed by atoms with Crippen molar-refractivity contribution < 1.29 is 24.3 Å². The van der Waals surface area contributed by atoms with E-state index in [1.165, 1.54) is 4.90 Å². The first-order valence-electron chi connectivity index (χ1n) is 9.46. The second-order valence-corrected chi connectivity index (χ2v) is 9.53. The number of piperidine rings is 1. The normalized spacial score (nSPS) is 23.3. The van der Waals surface area contributed by atoms with Gasteiger partial charge in [0, 0.05) is 24.5 Å². The molecular weight excluding hydrogens is 464 g/mol. The lowest BCUT2D eigenvalue weighted by Crippen LogP contribution is -2.51. The summed E-state index contributed by atoms with van der Waals surface area (Å²) < 4.78 is 12.1. The fraction of sp³-hybridized carbons (Fsp3) is 0.550. The second kappa shape index (κ2) is 8.52. The molecule has 1 saturated heterocycles. The molecule has 1 fully saturated rings. The Hall–Kier alpha value is -1.80. The molecule has 2 atom stereocenters. The van der Waals surface area contributed by atoms with Crippen molar-refractivity contribution in [2.75, 3.05) is 13.1 Å². The van der Waals surface area contributed by atoms with E-state index in [9.17, 15) is 14.8 Å². The molecule has 158 valence electrons. The van der Waals surface area contributed by atoms with Crippen LogP contribution in [-0.2, 0) is 16.0 Å². The van der Waals surface area contributed by atoms with E-state index in [1.807, 2.05) is 6.07 Å². The summed E-state index contributed by atoms with van der Waals surface area (Å²) in [4.78, 5) is 27.1. The standard InChI is InChI=1S/C20H24BrClN2O5/c1-20(2,3)29-19(26)24-7-6-15(23-27)13(10-24)17(25)16-5-4-11-8-12(22)9-14(21)18(11)28-16/h8-9,13,16,27H,4-7,10H2,1-3H3/b23-15+/t13?,16-/m1/s1. The third-order valence-corrected chi connectivity index (χ3v) is 5.71. The molecule has 1 aromatic carbocycles. The van der Waals surface area contributed by atoms with Crippen molar-refractivity contribution >= 4 is 45.1 Å². The summed E-state index contributed by atoms with van der Waals surface area (Å²) in [5.41, 5.74) is 0.661. The highest BCUT2D eigenvalue weighted by Gasteiger charge is 2.40. The lowest BCUT2D eigenvalue weighted by Gasteiger charge is -2.36. The van der Waals surface area contributed by atoms with Gasteiger partial charge in [-0.2, -0.15) is 0 Å². The van der Waals surface area contributed by atoms with Crippen LogP contribution in [0.4, 0.5) is 4.79 Å². The predicted molar refractivity (Wildman–Crippen MR) is 112 cm³/mol. The smallest absolute Gasteiger partial charge is 0.410 e. The number of aryl methyl sites for hydroxylation is 1. The van der Waals surface area contributed by atoms with Crippen LogP contribution in [0, 0.1) is 5.92 Å². The van der Waals surface area contributed by atoms with Gasteiger partial charge in [-0.05, 0) is 67.2 Å². The van der Waals surface area contributed by atoms with Gasteiger partial charge in [-0.25, -0.2) is 4.79 Å². The minimum Gasteiger partial charge on any atom is -0.481 e. The molecule has 0 saturated carbocycles. The molecule has 0 aromatic heterocycles. The van der Waals surface area contributed by atoms with Gasteiger partial charge in [0.1, 0.15) is 11.4 Å². The van der Waals surface area contributed by atoms with Crippen LogP contribution in [0.25, 0.3) is 0 Å². The topological polar surface area (TPSA) is 88.4 Å². The van der Waals surface area contributed by atoms with E-state index in [0.717, 1.165) is 5.56 Å². The number of carbonyl (C=O) groups is 2. The summed E-state index contributed by atoms with van der Waals surface area (Å²) in [7, 11) is 0. The SMILES string of the molecule is CC(C)(C)OC(=O)N1CC/C(=N\O)C(C(=O)[C@H]2CCc3cc(Cl)cc(Br)c3O2)C1. The Morgan fingerprint density at radius 3 is 2.72 bits per heavy atom. The van der Waals surface area contributed by atoms with Crippen LogP contribution in [0.3, 0.4) is 0 Å². The number of nitrogens with zero attached hydrogens (tertiary/aromatic N) is 2. The van der Waals surface area contributed by atoms with Crippen molar-refractivity contribution in [2.45, 2.75) is 51.7 Å². The van der Waals surface area contributed by atoms with Crippen molar-refractivity contribution in [3.05, 3.63) is 27.2 Å². The first-order valence-corrected chi connectivity index (χ1v) is 10.6. The Morgan fingerprint density at radius 1 is 1.34 bits per heavy atom. The minimum atomic E-state index is -0.737. The summed E-state index contributed by atoms with van der Waals surface area (Å²) in [6, 6.07) is 3.55. The molecule has 0 spiro atoms. The zero-order valence-corrected chi connectivity index (χ0v) is 18.9. The van der Waals surface area contributed by atoms with Gasteiger partial charge in [0.15, 0.2) is 11.9 Å². The molecule has 1 aromatic rings. The van der Waals surface area contributed by atoms with Crippen LogP contribution >= 0.6 is 27.5 Å². The van der Waals surface area contributed by atoms with E-state index < -0.39 is 23.7 Å². The van der Waals surface area contributed by atoms with Crippen molar-refractivity contribution in [1.82, 2.24) is 4.90 Å². The zero-order chi connectivity index (χ0) is 21.3. The molecule has 3 rings (SSSR count). The Labute approximate surface area is 183 Å². The van der Waals surface area contributed by atoms with E-state index >= 15 is 0 Å². The number of ether oxygens (including phenoxy) is 2. The summed E-state index contributed by atoms with van der Waals surface area (Å²) in [5.74, 6) is -0.348. The second-order valence-electron chi connectivity index (χ2n) is 8.24. The maximum atomic E-state index is 13.2. The fourth-order valence-electron chi connectivity index (χ4n) is 3.55. The quantitative estimate of drug-likeness (QED) is 0.492. The van der Waals surface area contributed by atoms with Gasteiger partial charge >= 0.3 is 6.09 Å². The van der Waals surface area contributed by atoms with Gasteiger partial charge < -0.3 is 19.6 Å². The fourth-order valence-corrected chi connectivity index (χ4v) is 4.52. The van der Waals surface area contributed by atoms with Crippen LogP contribution in [0.15, 0.2) is 21.8 Å². The Morgan fingerprint density at radius 2 is 2.07 bits per heavy atom. The number of ketones is 1. The Balaban J connectivity index is 1.76. The summed E-state index contributed by atoms with van der Waals surface area (Å²) >= 11 is 9.52. The number of amides is 1. The van der Waals surface area contributed by atoms with Gasteiger partial charge in [0.2, 0.25) is 0 Å². The van der Waals surface area contributed by atoms with Gasteiger partial charge in [-0.15, -0.1) is 0 Å². The van der Waals surface area contributed by atoms with E-state index in [1.54, 1.807) is 26.8 Å². The average molecular weight is 488 g/mol. The number of halogens is 2. The number of fused-ring (bicyclic) bond motifs is 1. The van der Waals surface area contributed by atoms with Crippen LogP contribution in [0.2, 0.25) is 5.02 Å². The molecule has 0 radical (unpaired) electrons. The molecule has 2 aliphatic rings. The van der Waals surface area contributed by atoms with Crippen molar-refractivity contribution in [3.63, 3.8) is 0 Å². The van der Waals surface area contributed by atoms with Gasteiger partial charge in [0.05, 0.1) is 16.1 Å². The molecule has 1 amide bonds. The third kappa shape index (κ3) is 5.04. The molecule has 2 aliphatic heterocycles. The van der Waals surface area contributed by atoms with Gasteiger partial charge in [-0.3, -0.25) is 4.79 Å². The maximum Gasteiger partial charge on any atom is 0.410 e. The van der Waals surface area contributed by atoms with Crippen LogP contribution in [-0.4, -0.2) is 52.5 Å². The molecular formula is C20H24BrClN2O5. The number of oxime groups is 1. The zero-order valence-electron chi connectivity index (χ0n) is 16.6. The lowest BCUT2D eigenvalue weighted by atomic mass is 9.86. The van der Waals surface area contributed by atoms with Crippen molar-refractivity contribution in [3.8, 4) is 5.75 Å². The lowest BCUT2D eigenvalue weighted by molar-refractivity contribution is -0.129.